The van der Waals surface area contributed by atoms with Crippen LogP contribution in [0.3, 0.4) is 0 Å². The van der Waals surface area contributed by atoms with Crippen molar-refractivity contribution in [3.8, 4) is 0 Å². The lowest BCUT2D eigenvalue weighted by molar-refractivity contribution is 0.282. The van der Waals surface area contributed by atoms with Gasteiger partial charge in [-0.3, -0.25) is 4.31 Å². The Hall–Kier alpha value is -1.73. The van der Waals surface area contributed by atoms with Crippen LogP contribution in [0.25, 0.3) is 0 Å². The lowest BCUT2D eigenvalue weighted by Crippen LogP contribution is -2.29. The zero-order chi connectivity index (χ0) is 12.5. The molecular formula is C10H12N2O4S. The van der Waals surface area contributed by atoms with Gasteiger partial charge in [0.1, 0.15) is 0 Å². The van der Waals surface area contributed by atoms with Crippen LogP contribution in [0.5, 0.6) is 0 Å². The van der Waals surface area contributed by atoms with Crippen molar-refractivity contribution in [2.24, 2.45) is 0 Å². The Morgan fingerprint density at radius 3 is 2.24 bits per heavy atom. The zero-order valence-corrected chi connectivity index (χ0v) is 9.68. The second-order valence-corrected chi connectivity index (χ2v) is 5.26. The first-order chi connectivity index (χ1) is 8.01. The minimum Gasteiger partial charge on any atom is -0.493 e. The van der Waals surface area contributed by atoms with E-state index in [2.05, 4.69) is 0 Å². The highest BCUT2D eigenvalue weighted by Gasteiger charge is 2.26. The van der Waals surface area contributed by atoms with Crippen LogP contribution in [-0.2, 0) is 23.4 Å². The third kappa shape index (κ3) is 2.51. The lowest BCUT2D eigenvalue weighted by atomic mass is 10.1. The van der Waals surface area contributed by atoms with Crippen LogP contribution >= 0.6 is 0 Å². The van der Waals surface area contributed by atoms with E-state index in [4.69, 9.17) is 10.2 Å². The zero-order valence-electron chi connectivity index (χ0n) is 8.87. The largest absolute Gasteiger partial charge is 0.493 e. The van der Waals surface area contributed by atoms with Crippen LogP contribution in [0.15, 0.2) is 36.3 Å². The van der Waals surface area contributed by atoms with Gasteiger partial charge in [-0.25, -0.2) is 4.72 Å². The molecule has 1 aromatic carbocycles. The number of rotatable bonds is 3. The third-order valence-electron chi connectivity index (χ3n) is 2.35. The molecule has 3 N–H and O–H groups in total. The minimum absolute atomic E-state index is 0.0511. The first-order valence-corrected chi connectivity index (χ1v) is 6.34. The summed E-state index contributed by atoms with van der Waals surface area (Å²) in [6, 6.07) is 6.89. The van der Waals surface area contributed by atoms with Gasteiger partial charge in [0.25, 0.3) is 0 Å². The van der Waals surface area contributed by atoms with E-state index in [-0.39, 0.29) is 13.2 Å². The summed E-state index contributed by atoms with van der Waals surface area (Å²) in [6.07, 6.45) is 1.12. The molecule has 0 spiro atoms. The standard InChI is InChI=1S/C10H12N2O4S/c13-7-9-3-1-8(2-4-9)5-12-6-10(14)11-17(12,15)16/h1-4,6,11,13-14H,5,7H2. The van der Waals surface area contributed by atoms with Gasteiger partial charge in [-0.2, -0.15) is 8.42 Å². The molecule has 0 aliphatic carbocycles. The van der Waals surface area contributed by atoms with Crippen LogP contribution in [0.2, 0.25) is 0 Å². The summed E-state index contributed by atoms with van der Waals surface area (Å²) in [5.74, 6) is -0.392. The summed E-state index contributed by atoms with van der Waals surface area (Å²) in [6.45, 7) is 0.0790. The maximum Gasteiger partial charge on any atom is 0.326 e. The Morgan fingerprint density at radius 2 is 1.76 bits per heavy atom. The lowest BCUT2D eigenvalue weighted by Gasteiger charge is -2.13. The van der Waals surface area contributed by atoms with Gasteiger partial charge in [-0.05, 0) is 11.1 Å². The van der Waals surface area contributed by atoms with Crippen molar-refractivity contribution >= 4 is 10.2 Å². The van der Waals surface area contributed by atoms with Crippen LogP contribution < -0.4 is 4.72 Å². The Balaban J connectivity index is 2.15. The van der Waals surface area contributed by atoms with E-state index in [9.17, 15) is 8.42 Å². The molecule has 0 fully saturated rings. The number of hydrogen-bond acceptors (Lipinski definition) is 4. The number of benzene rings is 1. The monoisotopic (exact) mass is 256 g/mol. The summed E-state index contributed by atoms with van der Waals surface area (Å²) in [5.41, 5.74) is 1.52. The van der Waals surface area contributed by atoms with E-state index in [1.165, 1.54) is 0 Å². The Kier molecular flexibility index (Phi) is 2.95. The molecule has 0 aromatic heterocycles. The van der Waals surface area contributed by atoms with E-state index in [1.807, 2.05) is 4.72 Å². The molecule has 7 heteroatoms. The fraction of sp³-hybridized carbons (Fsp3) is 0.200. The summed E-state index contributed by atoms with van der Waals surface area (Å²) in [4.78, 5) is 0. The van der Waals surface area contributed by atoms with Crippen LogP contribution in [-0.4, -0.2) is 22.9 Å². The van der Waals surface area contributed by atoms with Gasteiger partial charge in [0.15, 0.2) is 0 Å². The quantitative estimate of drug-likeness (QED) is 0.720. The van der Waals surface area contributed by atoms with Gasteiger partial charge in [0.2, 0.25) is 5.88 Å². The molecule has 0 unspecified atom stereocenters. The van der Waals surface area contributed by atoms with Crippen molar-refractivity contribution in [2.45, 2.75) is 13.2 Å². The molecule has 1 aliphatic rings. The molecule has 0 saturated heterocycles. The number of nitrogens with one attached hydrogen (secondary N) is 1. The molecule has 6 nitrogen and oxygen atoms in total. The first kappa shape index (κ1) is 11.7. The van der Waals surface area contributed by atoms with Gasteiger partial charge < -0.3 is 10.2 Å². The predicted octanol–water partition coefficient (Wildman–Crippen LogP) is 0.186. The van der Waals surface area contributed by atoms with Crippen LogP contribution in [0, 0.1) is 0 Å². The predicted molar refractivity (Wildman–Crippen MR) is 60.7 cm³/mol. The third-order valence-corrected chi connectivity index (χ3v) is 3.67. The number of aliphatic hydroxyl groups is 2. The molecule has 0 bridgehead atoms. The SMILES string of the molecule is O=S1(=O)NC(O)=CN1Cc1ccc(CO)cc1. The number of nitrogens with zero attached hydrogens (tertiary/aromatic N) is 1. The topological polar surface area (TPSA) is 89.9 Å². The molecular weight excluding hydrogens is 244 g/mol. The smallest absolute Gasteiger partial charge is 0.326 e. The molecule has 0 saturated carbocycles. The molecule has 1 aromatic rings. The first-order valence-electron chi connectivity index (χ1n) is 4.90. The second kappa shape index (κ2) is 4.27. The van der Waals surface area contributed by atoms with E-state index in [1.54, 1.807) is 24.3 Å². The summed E-state index contributed by atoms with van der Waals surface area (Å²) >= 11 is 0. The Bertz CT molecular complexity index is 536. The van der Waals surface area contributed by atoms with Crippen molar-refractivity contribution in [1.82, 2.24) is 9.03 Å². The van der Waals surface area contributed by atoms with E-state index >= 15 is 0 Å². The molecule has 92 valence electrons. The molecule has 0 radical (unpaired) electrons. The Morgan fingerprint density at radius 1 is 1.18 bits per heavy atom. The minimum atomic E-state index is -3.66. The normalized spacial score (nSPS) is 17.7. The Labute approximate surface area is 99.0 Å². The van der Waals surface area contributed by atoms with Gasteiger partial charge in [-0.1, -0.05) is 24.3 Å². The fourth-order valence-electron chi connectivity index (χ4n) is 1.48. The second-order valence-electron chi connectivity index (χ2n) is 3.64. The molecule has 17 heavy (non-hydrogen) atoms. The van der Waals surface area contributed by atoms with Crippen molar-refractivity contribution in [1.29, 1.82) is 0 Å². The van der Waals surface area contributed by atoms with E-state index in [0.717, 1.165) is 21.6 Å². The summed E-state index contributed by atoms with van der Waals surface area (Å²) in [7, 11) is -3.66. The molecule has 1 aliphatic heterocycles. The highest BCUT2D eigenvalue weighted by atomic mass is 32.2. The van der Waals surface area contributed by atoms with Crippen molar-refractivity contribution in [3.63, 3.8) is 0 Å². The molecule has 1 heterocycles. The van der Waals surface area contributed by atoms with E-state index < -0.39 is 16.1 Å². The van der Waals surface area contributed by atoms with Crippen LogP contribution in [0.1, 0.15) is 11.1 Å². The van der Waals surface area contributed by atoms with Gasteiger partial charge in [-0.15, -0.1) is 0 Å². The van der Waals surface area contributed by atoms with Crippen molar-refractivity contribution < 1.29 is 18.6 Å². The molecule has 0 amide bonds. The van der Waals surface area contributed by atoms with Gasteiger partial charge in [0.05, 0.1) is 19.4 Å². The summed E-state index contributed by atoms with van der Waals surface area (Å²) in [5, 5.41) is 18.0. The maximum absolute atomic E-state index is 11.5. The highest BCUT2D eigenvalue weighted by Crippen LogP contribution is 2.15. The summed E-state index contributed by atoms with van der Waals surface area (Å²) < 4.78 is 25.9. The average Bonchev–Trinajstić information content (AvgIpc) is 2.53. The molecule has 2 rings (SSSR count). The van der Waals surface area contributed by atoms with Gasteiger partial charge in [0, 0.05) is 0 Å². The number of hydrogen-bond donors (Lipinski definition) is 3. The fourth-order valence-corrected chi connectivity index (χ4v) is 2.48. The molecule has 0 atom stereocenters. The van der Waals surface area contributed by atoms with Crippen molar-refractivity contribution in [2.75, 3.05) is 0 Å². The maximum atomic E-state index is 11.5. The van der Waals surface area contributed by atoms with Crippen LogP contribution in [0.4, 0.5) is 0 Å². The highest BCUT2D eigenvalue weighted by molar-refractivity contribution is 7.87. The van der Waals surface area contributed by atoms with Gasteiger partial charge >= 0.3 is 10.2 Å². The van der Waals surface area contributed by atoms with E-state index in [0.29, 0.717) is 0 Å². The number of aliphatic hydroxyl groups excluding tert-OH is 2. The average molecular weight is 256 g/mol. The van der Waals surface area contributed by atoms with Crippen molar-refractivity contribution in [3.05, 3.63) is 47.5 Å².